The lowest BCUT2D eigenvalue weighted by Gasteiger charge is -2.25. The maximum absolute atomic E-state index is 6.02. The topological polar surface area (TPSA) is 67.6 Å². The van der Waals surface area contributed by atoms with Gasteiger partial charge < -0.3 is 10.7 Å². The zero-order valence-electron chi connectivity index (χ0n) is 11.1. The SMILES string of the molecule is Cc1nc2cc(C3(CN)CCCC3)[nH]c2nc1C. The molecule has 1 aliphatic rings. The Morgan fingerprint density at radius 2 is 1.89 bits per heavy atom. The molecule has 2 aromatic rings. The summed E-state index contributed by atoms with van der Waals surface area (Å²) in [6, 6.07) is 2.15. The van der Waals surface area contributed by atoms with Crippen molar-refractivity contribution in [3.8, 4) is 0 Å². The molecule has 1 fully saturated rings. The number of fused-ring (bicyclic) bond motifs is 1. The Bertz CT molecular complexity index is 540. The first-order valence-corrected chi connectivity index (χ1v) is 6.69. The quantitative estimate of drug-likeness (QED) is 0.852. The number of hydrogen-bond donors (Lipinski definition) is 2. The molecule has 1 aliphatic carbocycles. The van der Waals surface area contributed by atoms with Crippen LogP contribution in [0.1, 0.15) is 42.8 Å². The first-order valence-electron chi connectivity index (χ1n) is 6.69. The average molecular weight is 244 g/mol. The van der Waals surface area contributed by atoms with E-state index in [2.05, 4.69) is 21.0 Å². The van der Waals surface area contributed by atoms with Crippen molar-refractivity contribution in [2.45, 2.75) is 44.9 Å². The van der Waals surface area contributed by atoms with E-state index in [4.69, 9.17) is 5.73 Å². The molecule has 1 saturated carbocycles. The van der Waals surface area contributed by atoms with Crippen LogP contribution in [0.25, 0.3) is 11.2 Å². The van der Waals surface area contributed by atoms with Gasteiger partial charge in [0.25, 0.3) is 0 Å². The fourth-order valence-electron chi connectivity index (χ4n) is 3.03. The van der Waals surface area contributed by atoms with Crippen LogP contribution in [0, 0.1) is 13.8 Å². The van der Waals surface area contributed by atoms with Gasteiger partial charge in [-0.15, -0.1) is 0 Å². The molecule has 4 heteroatoms. The standard InChI is InChI=1S/C14H20N4/c1-9-10(2)17-13-11(16-9)7-12(18-13)14(8-15)5-3-4-6-14/h7H,3-6,8,15H2,1-2H3,(H,17,18). The molecule has 3 rings (SSSR count). The van der Waals surface area contributed by atoms with Gasteiger partial charge in [-0.1, -0.05) is 12.8 Å². The van der Waals surface area contributed by atoms with E-state index in [9.17, 15) is 0 Å². The van der Waals surface area contributed by atoms with Crippen LogP contribution in [0.4, 0.5) is 0 Å². The summed E-state index contributed by atoms with van der Waals surface area (Å²) in [5.74, 6) is 0. The minimum atomic E-state index is 0.129. The second-order valence-corrected chi connectivity index (χ2v) is 5.50. The summed E-state index contributed by atoms with van der Waals surface area (Å²) in [5, 5.41) is 0. The zero-order valence-corrected chi connectivity index (χ0v) is 11.1. The third kappa shape index (κ3) is 1.63. The van der Waals surface area contributed by atoms with E-state index < -0.39 is 0 Å². The Balaban J connectivity index is 2.13. The minimum absolute atomic E-state index is 0.129. The Kier molecular flexibility index (Phi) is 2.63. The Hall–Kier alpha value is -1.42. The Morgan fingerprint density at radius 3 is 2.56 bits per heavy atom. The fourth-order valence-corrected chi connectivity index (χ4v) is 3.03. The molecule has 2 aromatic heterocycles. The number of aromatic amines is 1. The highest BCUT2D eigenvalue weighted by Crippen LogP contribution is 2.40. The van der Waals surface area contributed by atoms with Gasteiger partial charge >= 0.3 is 0 Å². The van der Waals surface area contributed by atoms with Crippen molar-refractivity contribution in [3.63, 3.8) is 0 Å². The molecule has 18 heavy (non-hydrogen) atoms. The van der Waals surface area contributed by atoms with Crippen molar-refractivity contribution in [3.05, 3.63) is 23.1 Å². The molecule has 0 saturated heterocycles. The van der Waals surface area contributed by atoms with E-state index in [1.165, 1.54) is 31.4 Å². The number of aromatic nitrogens is 3. The van der Waals surface area contributed by atoms with Crippen molar-refractivity contribution in [2.75, 3.05) is 6.54 Å². The smallest absolute Gasteiger partial charge is 0.156 e. The summed E-state index contributed by atoms with van der Waals surface area (Å²) in [4.78, 5) is 12.6. The van der Waals surface area contributed by atoms with Crippen molar-refractivity contribution >= 4 is 11.2 Å². The molecule has 0 bridgehead atoms. The van der Waals surface area contributed by atoms with Crippen molar-refractivity contribution in [2.24, 2.45) is 5.73 Å². The minimum Gasteiger partial charge on any atom is -0.341 e. The monoisotopic (exact) mass is 244 g/mol. The van der Waals surface area contributed by atoms with Crippen molar-refractivity contribution in [1.29, 1.82) is 0 Å². The summed E-state index contributed by atoms with van der Waals surface area (Å²) >= 11 is 0. The second kappa shape index (κ2) is 4.05. The number of H-pyrrole nitrogens is 1. The van der Waals surface area contributed by atoms with Crippen LogP contribution in [0.15, 0.2) is 6.07 Å². The molecule has 0 unspecified atom stereocenters. The molecule has 0 aromatic carbocycles. The molecule has 0 radical (unpaired) electrons. The van der Waals surface area contributed by atoms with Crippen LogP contribution in [0.5, 0.6) is 0 Å². The summed E-state index contributed by atoms with van der Waals surface area (Å²) < 4.78 is 0. The van der Waals surface area contributed by atoms with Gasteiger partial charge in [0.1, 0.15) is 5.52 Å². The van der Waals surface area contributed by atoms with Crippen LogP contribution in [0.2, 0.25) is 0 Å². The third-order valence-corrected chi connectivity index (χ3v) is 4.39. The fraction of sp³-hybridized carbons (Fsp3) is 0.571. The predicted molar refractivity (Wildman–Crippen MR) is 72.6 cm³/mol. The number of aryl methyl sites for hydroxylation is 2. The van der Waals surface area contributed by atoms with Crippen LogP contribution in [-0.4, -0.2) is 21.5 Å². The normalized spacial score (nSPS) is 18.6. The summed E-state index contributed by atoms with van der Waals surface area (Å²) in [7, 11) is 0. The predicted octanol–water partition coefficient (Wildman–Crippen LogP) is 2.35. The van der Waals surface area contributed by atoms with Crippen molar-refractivity contribution in [1.82, 2.24) is 15.0 Å². The maximum atomic E-state index is 6.02. The van der Waals surface area contributed by atoms with Crippen molar-refractivity contribution < 1.29 is 0 Å². The number of nitrogens with zero attached hydrogens (tertiary/aromatic N) is 2. The molecule has 4 nitrogen and oxygen atoms in total. The van der Waals surface area contributed by atoms with E-state index in [1.807, 2.05) is 13.8 Å². The van der Waals surface area contributed by atoms with E-state index in [-0.39, 0.29) is 5.41 Å². The van der Waals surface area contributed by atoms with Crippen LogP contribution < -0.4 is 5.73 Å². The Morgan fingerprint density at radius 1 is 1.22 bits per heavy atom. The number of hydrogen-bond acceptors (Lipinski definition) is 3. The van der Waals surface area contributed by atoms with Crippen LogP contribution in [0.3, 0.4) is 0 Å². The Labute approximate surface area is 107 Å². The van der Waals surface area contributed by atoms with Crippen LogP contribution >= 0.6 is 0 Å². The molecule has 96 valence electrons. The highest BCUT2D eigenvalue weighted by Gasteiger charge is 2.35. The van der Waals surface area contributed by atoms with E-state index in [0.717, 1.165) is 22.6 Å². The number of nitrogens with two attached hydrogens (primary N) is 1. The number of rotatable bonds is 2. The van der Waals surface area contributed by atoms with Gasteiger partial charge in [0.05, 0.1) is 11.4 Å². The molecule has 0 amide bonds. The highest BCUT2D eigenvalue weighted by atomic mass is 14.9. The maximum Gasteiger partial charge on any atom is 0.156 e. The van der Waals surface area contributed by atoms with Gasteiger partial charge in [0, 0.05) is 17.7 Å². The van der Waals surface area contributed by atoms with Crippen LogP contribution in [-0.2, 0) is 5.41 Å². The molecular weight excluding hydrogens is 224 g/mol. The largest absolute Gasteiger partial charge is 0.341 e. The first kappa shape index (κ1) is 11.7. The average Bonchev–Trinajstić information content (AvgIpc) is 2.96. The molecule has 3 N–H and O–H groups in total. The third-order valence-electron chi connectivity index (χ3n) is 4.39. The van der Waals surface area contributed by atoms with E-state index in [0.29, 0.717) is 6.54 Å². The molecule has 0 atom stereocenters. The van der Waals surface area contributed by atoms with Gasteiger partial charge in [0.15, 0.2) is 5.65 Å². The highest BCUT2D eigenvalue weighted by molar-refractivity contribution is 5.72. The molecule has 0 spiro atoms. The molecule has 2 heterocycles. The van der Waals surface area contributed by atoms with E-state index >= 15 is 0 Å². The van der Waals surface area contributed by atoms with Gasteiger partial charge in [0.2, 0.25) is 0 Å². The second-order valence-electron chi connectivity index (χ2n) is 5.50. The van der Waals surface area contributed by atoms with Gasteiger partial charge in [-0.25, -0.2) is 9.97 Å². The van der Waals surface area contributed by atoms with Gasteiger partial charge in [-0.05, 0) is 32.8 Å². The lowest BCUT2D eigenvalue weighted by molar-refractivity contribution is 0.442. The van der Waals surface area contributed by atoms with E-state index in [1.54, 1.807) is 0 Å². The van der Waals surface area contributed by atoms with Gasteiger partial charge in [-0.2, -0.15) is 0 Å². The summed E-state index contributed by atoms with van der Waals surface area (Å²) in [5.41, 5.74) is 11.2. The lowest BCUT2D eigenvalue weighted by atomic mass is 9.83. The first-order chi connectivity index (χ1) is 8.64. The zero-order chi connectivity index (χ0) is 12.8. The number of nitrogens with one attached hydrogen (secondary N) is 1. The lowest BCUT2D eigenvalue weighted by Crippen LogP contribution is -2.32. The van der Waals surface area contributed by atoms with Gasteiger partial charge in [-0.3, -0.25) is 0 Å². The molecule has 0 aliphatic heterocycles. The molecular formula is C14H20N4. The summed E-state index contributed by atoms with van der Waals surface area (Å²) in [6.07, 6.45) is 4.89. The summed E-state index contributed by atoms with van der Waals surface area (Å²) in [6.45, 7) is 4.71.